The Hall–Kier alpha value is -1.35. The number of rotatable bonds is 3. The second kappa shape index (κ2) is 5.96. The molecule has 1 heterocycles. The molecule has 20 heavy (non-hydrogen) atoms. The van der Waals surface area contributed by atoms with Gasteiger partial charge in [0, 0.05) is 5.69 Å². The van der Waals surface area contributed by atoms with Gasteiger partial charge < -0.3 is 10.4 Å². The van der Waals surface area contributed by atoms with Gasteiger partial charge in [-0.3, -0.25) is 4.79 Å². The summed E-state index contributed by atoms with van der Waals surface area (Å²) in [4.78, 5) is 11.4. The average molecular weight is 273 g/mol. The summed E-state index contributed by atoms with van der Waals surface area (Å²) in [7, 11) is 0. The molecule has 1 amide bonds. The average Bonchev–Trinajstić information content (AvgIpc) is 2.62. The fourth-order valence-corrected chi connectivity index (χ4v) is 3.51. The second-order valence-corrected chi connectivity index (χ2v) is 6.25. The summed E-state index contributed by atoms with van der Waals surface area (Å²) in [5.74, 6) is 0.705. The minimum Gasteiger partial charge on any atom is -0.388 e. The van der Waals surface area contributed by atoms with Crippen molar-refractivity contribution in [3.05, 3.63) is 29.3 Å². The molecule has 1 saturated carbocycles. The third kappa shape index (κ3) is 3.04. The lowest BCUT2D eigenvalue weighted by Gasteiger charge is -2.19. The number of carbonyl (C=O) groups excluding carboxylic acids is 1. The Morgan fingerprint density at radius 1 is 1.20 bits per heavy atom. The summed E-state index contributed by atoms with van der Waals surface area (Å²) in [5.41, 5.74) is 2.89. The number of benzene rings is 1. The van der Waals surface area contributed by atoms with Gasteiger partial charge in [0.2, 0.25) is 5.91 Å². The van der Waals surface area contributed by atoms with Crippen molar-refractivity contribution in [3.63, 3.8) is 0 Å². The van der Waals surface area contributed by atoms with Crippen LogP contribution in [-0.4, -0.2) is 11.0 Å². The van der Waals surface area contributed by atoms with E-state index in [2.05, 4.69) is 5.32 Å². The minimum absolute atomic E-state index is 0.0513. The zero-order valence-electron chi connectivity index (χ0n) is 11.9. The van der Waals surface area contributed by atoms with Crippen molar-refractivity contribution >= 4 is 11.6 Å². The molecule has 1 aliphatic heterocycles. The number of nitrogens with one attached hydrogen (secondary N) is 1. The van der Waals surface area contributed by atoms with Gasteiger partial charge in [-0.05, 0) is 29.5 Å². The summed E-state index contributed by atoms with van der Waals surface area (Å²) in [6.45, 7) is 0. The lowest BCUT2D eigenvalue weighted by Crippen LogP contribution is -2.07. The molecule has 3 rings (SSSR count). The SMILES string of the molecule is O=C1Cc2cc(C(O)CC3CCCCCC3)ccc2N1. The number of hydrogen-bond donors (Lipinski definition) is 2. The molecule has 1 aromatic rings. The number of hydrogen-bond acceptors (Lipinski definition) is 2. The first-order chi connectivity index (χ1) is 9.72. The number of fused-ring (bicyclic) bond motifs is 1. The summed E-state index contributed by atoms with van der Waals surface area (Å²) < 4.78 is 0. The van der Waals surface area contributed by atoms with Crippen LogP contribution in [0.15, 0.2) is 18.2 Å². The van der Waals surface area contributed by atoms with Gasteiger partial charge in [-0.15, -0.1) is 0 Å². The van der Waals surface area contributed by atoms with Crippen LogP contribution in [0.2, 0.25) is 0 Å². The van der Waals surface area contributed by atoms with E-state index in [0.29, 0.717) is 12.3 Å². The topological polar surface area (TPSA) is 49.3 Å². The molecule has 0 radical (unpaired) electrons. The number of aliphatic hydroxyl groups is 1. The van der Waals surface area contributed by atoms with Gasteiger partial charge in [-0.1, -0.05) is 50.7 Å². The van der Waals surface area contributed by atoms with Crippen LogP contribution in [0.3, 0.4) is 0 Å². The molecule has 1 aliphatic carbocycles. The number of anilines is 1. The van der Waals surface area contributed by atoms with Gasteiger partial charge in [-0.25, -0.2) is 0 Å². The van der Waals surface area contributed by atoms with Crippen molar-refractivity contribution in [2.45, 2.75) is 57.5 Å². The number of aliphatic hydroxyl groups excluding tert-OH is 1. The first kappa shape index (κ1) is 13.6. The zero-order chi connectivity index (χ0) is 13.9. The molecule has 0 saturated heterocycles. The molecule has 3 heteroatoms. The smallest absolute Gasteiger partial charge is 0.228 e. The number of carbonyl (C=O) groups is 1. The van der Waals surface area contributed by atoms with E-state index in [4.69, 9.17) is 0 Å². The van der Waals surface area contributed by atoms with Crippen molar-refractivity contribution in [1.82, 2.24) is 0 Å². The van der Waals surface area contributed by atoms with E-state index in [0.717, 1.165) is 23.2 Å². The maximum Gasteiger partial charge on any atom is 0.228 e. The first-order valence-electron chi connectivity index (χ1n) is 7.83. The van der Waals surface area contributed by atoms with Gasteiger partial charge in [-0.2, -0.15) is 0 Å². The van der Waals surface area contributed by atoms with Crippen LogP contribution in [0.25, 0.3) is 0 Å². The quantitative estimate of drug-likeness (QED) is 0.827. The van der Waals surface area contributed by atoms with Crippen LogP contribution in [0, 0.1) is 5.92 Å². The maximum absolute atomic E-state index is 11.4. The van der Waals surface area contributed by atoms with Crippen molar-refractivity contribution in [1.29, 1.82) is 0 Å². The Morgan fingerprint density at radius 2 is 1.95 bits per heavy atom. The summed E-state index contributed by atoms with van der Waals surface area (Å²) in [6, 6.07) is 5.87. The standard InChI is InChI=1S/C17H23NO2/c19-16(9-12-5-3-1-2-4-6-12)13-7-8-15-14(10-13)11-17(20)18-15/h7-8,10,12,16,19H,1-6,9,11H2,(H,18,20). The van der Waals surface area contributed by atoms with Crippen molar-refractivity contribution in [2.24, 2.45) is 5.92 Å². The van der Waals surface area contributed by atoms with Gasteiger partial charge in [0.15, 0.2) is 0 Å². The molecule has 0 bridgehead atoms. The Labute approximate surface area is 120 Å². The van der Waals surface area contributed by atoms with Crippen LogP contribution in [0.4, 0.5) is 5.69 Å². The predicted molar refractivity (Wildman–Crippen MR) is 79.5 cm³/mol. The van der Waals surface area contributed by atoms with E-state index >= 15 is 0 Å². The Balaban J connectivity index is 1.66. The van der Waals surface area contributed by atoms with E-state index in [1.807, 2.05) is 18.2 Å². The normalized spacial score (nSPS) is 21.1. The lowest BCUT2D eigenvalue weighted by molar-refractivity contribution is -0.115. The molecule has 3 nitrogen and oxygen atoms in total. The summed E-state index contributed by atoms with van der Waals surface area (Å²) in [6.07, 6.45) is 8.72. The van der Waals surface area contributed by atoms with Crippen molar-refractivity contribution < 1.29 is 9.90 Å². The zero-order valence-corrected chi connectivity index (χ0v) is 11.9. The highest BCUT2D eigenvalue weighted by atomic mass is 16.3. The highest BCUT2D eigenvalue weighted by Gasteiger charge is 2.21. The highest BCUT2D eigenvalue weighted by Crippen LogP contribution is 2.33. The third-order valence-electron chi connectivity index (χ3n) is 4.67. The van der Waals surface area contributed by atoms with Crippen LogP contribution < -0.4 is 5.32 Å². The van der Waals surface area contributed by atoms with Gasteiger partial charge in [0.05, 0.1) is 12.5 Å². The molecule has 1 unspecified atom stereocenters. The van der Waals surface area contributed by atoms with E-state index in [-0.39, 0.29) is 12.0 Å². The van der Waals surface area contributed by atoms with Gasteiger partial charge >= 0.3 is 0 Å². The molecule has 1 atom stereocenters. The molecule has 1 aromatic carbocycles. The minimum atomic E-state index is -0.390. The Morgan fingerprint density at radius 3 is 2.70 bits per heavy atom. The molecule has 1 fully saturated rings. The molecule has 108 valence electrons. The summed E-state index contributed by atoms with van der Waals surface area (Å²) >= 11 is 0. The van der Waals surface area contributed by atoms with Crippen LogP contribution in [0.5, 0.6) is 0 Å². The monoisotopic (exact) mass is 273 g/mol. The Kier molecular flexibility index (Phi) is 4.06. The molecular formula is C17H23NO2. The van der Waals surface area contributed by atoms with Crippen molar-refractivity contribution in [3.8, 4) is 0 Å². The van der Waals surface area contributed by atoms with Crippen LogP contribution in [0.1, 0.15) is 62.2 Å². The lowest BCUT2D eigenvalue weighted by atomic mass is 9.90. The molecule has 2 N–H and O–H groups in total. The van der Waals surface area contributed by atoms with Crippen molar-refractivity contribution in [2.75, 3.05) is 5.32 Å². The van der Waals surface area contributed by atoms with Crippen LogP contribution in [-0.2, 0) is 11.2 Å². The molecular weight excluding hydrogens is 250 g/mol. The van der Waals surface area contributed by atoms with E-state index in [1.165, 1.54) is 38.5 Å². The van der Waals surface area contributed by atoms with E-state index in [1.54, 1.807) is 0 Å². The fourth-order valence-electron chi connectivity index (χ4n) is 3.51. The highest BCUT2D eigenvalue weighted by molar-refractivity contribution is 5.99. The molecule has 0 spiro atoms. The third-order valence-corrected chi connectivity index (χ3v) is 4.67. The van der Waals surface area contributed by atoms with Gasteiger partial charge in [0.1, 0.15) is 0 Å². The number of amides is 1. The predicted octanol–water partition coefficient (Wildman–Crippen LogP) is 3.58. The largest absolute Gasteiger partial charge is 0.388 e. The summed E-state index contributed by atoms with van der Waals surface area (Å²) in [5, 5.41) is 13.3. The van der Waals surface area contributed by atoms with Crippen LogP contribution >= 0.6 is 0 Å². The van der Waals surface area contributed by atoms with Gasteiger partial charge in [0.25, 0.3) is 0 Å². The Bertz CT molecular complexity index is 490. The second-order valence-electron chi connectivity index (χ2n) is 6.25. The van der Waals surface area contributed by atoms with E-state index < -0.39 is 0 Å². The fraction of sp³-hybridized carbons (Fsp3) is 0.588. The molecule has 2 aliphatic rings. The maximum atomic E-state index is 11.4. The first-order valence-corrected chi connectivity index (χ1v) is 7.83. The molecule has 0 aromatic heterocycles. The van der Waals surface area contributed by atoms with E-state index in [9.17, 15) is 9.90 Å².